The van der Waals surface area contributed by atoms with Crippen LogP contribution in [0.15, 0.2) is 46.2 Å². The molecule has 2 rings (SSSR count). The van der Waals surface area contributed by atoms with Gasteiger partial charge in [0.25, 0.3) is 10.0 Å². The van der Waals surface area contributed by atoms with Crippen molar-refractivity contribution in [2.75, 3.05) is 10.5 Å². The van der Waals surface area contributed by atoms with Crippen molar-refractivity contribution in [3.63, 3.8) is 0 Å². The van der Waals surface area contributed by atoms with Gasteiger partial charge in [0.15, 0.2) is 10.8 Å². The van der Waals surface area contributed by atoms with E-state index in [2.05, 4.69) is 30.6 Å². The molecule has 0 amide bonds. The standard InChI is InChI=1S/C10H9BrN4O2S/c11-7-3-1-5-13-9(7)15-18(16,17)10-8(12)4-2-6-14-10/h1-6H,12H2,(H,13,15). The number of nitrogen functional groups attached to an aromatic ring is 1. The van der Waals surface area contributed by atoms with Gasteiger partial charge in [-0.3, -0.25) is 4.72 Å². The predicted octanol–water partition coefficient (Wildman–Crippen LogP) is 1.62. The summed E-state index contributed by atoms with van der Waals surface area (Å²) >= 11 is 3.20. The van der Waals surface area contributed by atoms with Crippen LogP contribution in [-0.2, 0) is 10.0 Å². The van der Waals surface area contributed by atoms with E-state index >= 15 is 0 Å². The molecule has 0 saturated carbocycles. The van der Waals surface area contributed by atoms with E-state index in [1.807, 2.05) is 0 Å². The lowest BCUT2D eigenvalue weighted by Gasteiger charge is -2.09. The summed E-state index contributed by atoms with van der Waals surface area (Å²) in [5.41, 5.74) is 5.67. The second kappa shape index (κ2) is 4.91. The largest absolute Gasteiger partial charge is 0.396 e. The number of pyridine rings is 2. The molecule has 0 aliphatic heterocycles. The van der Waals surface area contributed by atoms with Crippen LogP contribution in [0.5, 0.6) is 0 Å². The molecule has 0 spiro atoms. The predicted molar refractivity (Wildman–Crippen MR) is 71.4 cm³/mol. The topological polar surface area (TPSA) is 98.0 Å². The van der Waals surface area contributed by atoms with Crippen molar-refractivity contribution in [3.05, 3.63) is 41.1 Å². The molecule has 0 atom stereocenters. The first-order valence-corrected chi connectivity index (χ1v) is 7.12. The molecule has 94 valence electrons. The maximum absolute atomic E-state index is 12.1. The van der Waals surface area contributed by atoms with Gasteiger partial charge in [-0.15, -0.1) is 0 Å². The highest BCUT2D eigenvalue weighted by atomic mass is 79.9. The van der Waals surface area contributed by atoms with Gasteiger partial charge in [-0.05, 0) is 40.2 Å². The zero-order chi connectivity index (χ0) is 13.2. The van der Waals surface area contributed by atoms with Gasteiger partial charge in [-0.1, -0.05) is 0 Å². The van der Waals surface area contributed by atoms with Gasteiger partial charge in [-0.2, -0.15) is 8.42 Å². The summed E-state index contributed by atoms with van der Waals surface area (Å²) < 4.78 is 27.0. The third-order valence-corrected chi connectivity index (χ3v) is 4.00. The Hall–Kier alpha value is -1.67. The fourth-order valence-electron chi connectivity index (χ4n) is 1.26. The van der Waals surface area contributed by atoms with Crippen LogP contribution in [0.2, 0.25) is 0 Å². The monoisotopic (exact) mass is 328 g/mol. The number of rotatable bonds is 3. The molecule has 0 radical (unpaired) electrons. The van der Waals surface area contributed by atoms with Gasteiger partial charge in [0.2, 0.25) is 0 Å². The average Bonchev–Trinajstić information content (AvgIpc) is 2.32. The van der Waals surface area contributed by atoms with Crippen molar-refractivity contribution < 1.29 is 8.42 Å². The number of aromatic nitrogens is 2. The molecule has 0 aliphatic carbocycles. The summed E-state index contributed by atoms with van der Waals surface area (Å²) in [7, 11) is -3.85. The van der Waals surface area contributed by atoms with Crippen LogP contribution in [0.1, 0.15) is 0 Å². The molecular formula is C10H9BrN4O2S. The Kier molecular flexibility index (Phi) is 3.48. The molecular weight excluding hydrogens is 320 g/mol. The molecule has 0 unspecified atom stereocenters. The summed E-state index contributed by atoms with van der Waals surface area (Å²) in [6.45, 7) is 0. The summed E-state index contributed by atoms with van der Waals surface area (Å²) in [6.07, 6.45) is 2.84. The molecule has 0 fully saturated rings. The number of hydrogen-bond acceptors (Lipinski definition) is 5. The first kappa shape index (κ1) is 12.8. The summed E-state index contributed by atoms with van der Waals surface area (Å²) in [4.78, 5) is 7.67. The first-order chi connectivity index (χ1) is 8.50. The van der Waals surface area contributed by atoms with Crippen LogP contribution in [0.3, 0.4) is 0 Å². The Balaban J connectivity index is 2.40. The molecule has 2 heterocycles. The Bertz CT molecular complexity index is 675. The van der Waals surface area contributed by atoms with Crippen molar-refractivity contribution in [1.29, 1.82) is 0 Å². The number of nitrogens with two attached hydrogens (primary N) is 1. The molecule has 0 aromatic carbocycles. The number of halogens is 1. The molecule has 3 N–H and O–H groups in total. The molecule has 2 aromatic heterocycles. The van der Waals surface area contributed by atoms with Gasteiger partial charge in [-0.25, -0.2) is 9.97 Å². The van der Waals surface area contributed by atoms with Crippen LogP contribution in [0.4, 0.5) is 11.5 Å². The lowest BCUT2D eigenvalue weighted by Crippen LogP contribution is -2.17. The molecule has 8 heteroatoms. The Labute approximate surface area is 112 Å². The zero-order valence-corrected chi connectivity index (χ0v) is 11.4. The van der Waals surface area contributed by atoms with E-state index in [9.17, 15) is 8.42 Å². The number of hydrogen-bond donors (Lipinski definition) is 2. The Morgan fingerprint density at radius 1 is 1.17 bits per heavy atom. The zero-order valence-electron chi connectivity index (χ0n) is 9.04. The van der Waals surface area contributed by atoms with E-state index in [0.29, 0.717) is 4.47 Å². The molecule has 0 saturated heterocycles. The summed E-state index contributed by atoms with van der Waals surface area (Å²) in [6, 6.07) is 6.38. The quantitative estimate of drug-likeness (QED) is 0.892. The second-order valence-electron chi connectivity index (χ2n) is 3.34. The molecule has 0 bridgehead atoms. The van der Waals surface area contributed by atoms with Crippen LogP contribution in [0.25, 0.3) is 0 Å². The second-order valence-corrected chi connectivity index (χ2v) is 5.79. The van der Waals surface area contributed by atoms with Gasteiger partial charge in [0, 0.05) is 12.4 Å². The van der Waals surface area contributed by atoms with E-state index in [1.54, 1.807) is 18.2 Å². The molecule has 6 nitrogen and oxygen atoms in total. The molecule has 0 aliphatic rings. The lowest BCUT2D eigenvalue weighted by molar-refractivity contribution is 0.598. The van der Waals surface area contributed by atoms with Crippen LogP contribution in [-0.4, -0.2) is 18.4 Å². The smallest absolute Gasteiger partial charge is 0.282 e. The summed E-state index contributed by atoms with van der Waals surface area (Å²) in [5, 5.41) is -0.220. The van der Waals surface area contributed by atoms with Crippen molar-refractivity contribution in [2.24, 2.45) is 0 Å². The van der Waals surface area contributed by atoms with Crippen molar-refractivity contribution in [1.82, 2.24) is 9.97 Å². The average molecular weight is 329 g/mol. The first-order valence-electron chi connectivity index (χ1n) is 4.84. The number of sulfonamides is 1. The van der Waals surface area contributed by atoms with E-state index in [-0.39, 0.29) is 16.5 Å². The highest BCUT2D eigenvalue weighted by Crippen LogP contribution is 2.23. The van der Waals surface area contributed by atoms with E-state index in [4.69, 9.17) is 5.73 Å². The van der Waals surface area contributed by atoms with E-state index in [0.717, 1.165) is 0 Å². The van der Waals surface area contributed by atoms with Crippen molar-refractivity contribution in [2.45, 2.75) is 5.03 Å². The molecule has 18 heavy (non-hydrogen) atoms. The van der Waals surface area contributed by atoms with E-state index in [1.165, 1.54) is 18.5 Å². The van der Waals surface area contributed by atoms with Gasteiger partial charge in [0.05, 0.1) is 10.2 Å². The minimum atomic E-state index is -3.85. The normalized spacial score (nSPS) is 11.2. The third kappa shape index (κ3) is 2.59. The Morgan fingerprint density at radius 3 is 2.50 bits per heavy atom. The van der Waals surface area contributed by atoms with E-state index < -0.39 is 10.0 Å². The van der Waals surface area contributed by atoms with Gasteiger partial charge < -0.3 is 5.73 Å². The minimum Gasteiger partial charge on any atom is -0.396 e. The fourth-order valence-corrected chi connectivity index (χ4v) is 2.84. The minimum absolute atomic E-state index is 0.0806. The SMILES string of the molecule is Nc1cccnc1S(=O)(=O)Nc1ncccc1Br. The van der Waals surface area contributed by atoms with Gasteiger partial charge >= 0.3 is 0 Å². The Morgan fingerprint density at radius 2 is 1.83 bits per heavy atom. The lowest BCUT2D eigenvalue weighted by atomic mass is 10.4. The van der Waals surface area contributed by atoms with Crippen molar-refractivity contribution >= 4 is 37.5 Å². The number of anilines is 2. The van der Waals surface area contributed by atoms with Gasteiger partial charge in [0.1, 0.15) is 0 Å². The highest BCUT2D eigenvalue weighted by Gasteiger charge is 2.20. The number of nitrogens with one attached hydrogen (secondary N) is 1. The van der Waals surface area contributed by atoms with Crippen LogP contribution >= 0.6 is 15.9 Å². The maximum atomic E-state index is 12.1. The highest BCUT2D eigenvalue weighted by molar-refractivity contribution is 9.10. The summed E-state index contributed by atoms with van der Waals surface area (Å²) in [5.74, 6) is 0.183. The fraction of sp³-hybridized carbons (Fsp3) is 0. The number of nitrogens with zero attached hydrogens (tertiary/aromatic N) is 2. The van der Waals surface area contributed by atoms with Crippen LogP contribution in [0, 0.1) is 0 Å². The maximum Gasteiger partial charge on any atom is 0.282 e. The van der Waals surface area contributed by atoms with Crippen molar-refractivity contribution in [3.8, 4) is 0 Å². The molecule has 2 aromatic rings. The third-order valence-electron chi connectivity index (χ3n) is 2.04. The van der Waals surface area contributed by atoms with Crippen LogP contribution < -0.4 is 10.5 Å².